The first-order valence-electron chi connectivity index (χ1n) is 6.16. The maximum absolute atomic E-state index is 5.23. The second-order valence-corrected chi connectivity index (χ2v) is 4.48. The summed E-state index contributed by atoms with van der Waals surface area (Å²) in [5.41, 5.74) is 0. The predicted molar refractivity (Wildman–Crippen MR) is 67.2 cm³/mol. The lowest BCUT2D eigenvalue weighted by atomic mass is 10.1. The number of hydrogen-bond acceptors (Lipinski definition) is 6. The van der Waals surface area contributed by atoms with Crippen molar-refractivity contribution in [1.29, 1.82) is 0 Å². The Morgan fingerprint density at radius 1 is 1.28 bits per heavy atom. The second kappa shape index (κ2) is 8.12. The van der Waals surface area contributed by atoms with E-state index in [4.69, 9.17) is 9.47 Å². The Hall–Kier alpha value is -1.05. The summed E-state index contributed by atoms with van der Waals surface area (Å²) in [5.74, 6) is 1.23. The zero-order chi connectivity index (χ0) is 13.4. The quantitative estimate of drug-likeness (QED) is 0.639. The van der Waals surface area contributed by atoms with Crippen LogP contribution in [0.3, 0.4) is 0 Å². The highest BCUT2D eigenvalue weighted by Gasteiger charge is 2.20. The summed E-state index contributed by atoms with van der Waals surface area (Å²) in [5, 5.41) is 15.1. The minimum atomic E-state index is 0.157. The summed E-state index contributed by atoms with van der Waals surface area (Å²) >= 11 is 0. The van der Waals surface area contributed by atoms with Gasteiger partial charge in [-0.05, 0) is 16.3 Å². The number of tetrazole rings is 1. The zero-order valence-corrected chi connectivity index (χ0v) is 11.6. The molecule has 1 N–H and O–H groups in total. The molecular weight excluding hydrogens is 234 g/mol. The van der Waals surface area contributed by atoms with E-state index in [2.05, 4.69) is 34.7 Å². The third-order valence-electron chi connectivity index (χ3n) is 2.75. The standard InChI is InChI=1S/C11H23N5O2/c1-9(2)10(8-18-4)16-11(13-14-15-16)7-12-5-6-17-3/h9-10,12H,5-8H2,1-4H3. The van der Waals surface area contributed by atoms with Crippen LogP contribution in [0, 0.1) is 5.92 Å². The van der Waals surface area contributed by atoms with Crippen LogP contribution in [0.2, 0.25) is 0 Å². The van der Waals surface area contributed by atoms with Gasteiger partial charge in [0.2, 0.25) is 0 Å². The smallest absolute Gasteiger partial charge is 0.165 e. The summed E-state index contributed by atoms with van der Waals surface area (Å²) in [6, 6.07) is 0.157. The van der Waals surface area contributed by atoms with E-state index >= 15 is 0 Å². The van der Waals surface area contributed by atoms with Crippen LogP contribution in [0.25, 0.3) is 0 Å². The fraction of sp³-hybridized carbons (Fsp3) is 0.909. The van der Waals surface area contributed by atoms with Crippen molar-refractivity contribution in [1.82, 2.24) is 25.5 Å². The molecule has 0 bridgehead atoms. The topological polar surface area (TPSA) is 74.1 Å². The Morgan fingerprint density at radius 2 is 2.06 bits per heavy atom. The second-order valence-electron chi connectivity index (χ2n) is 4.48. The highest BCUT2D eigenvalue weighted by molar-refractivity contribution is 4.85. The van der Waals surface area contributed by atoms with Crippen LogP contribution in [0.5, 0.6) is 0 Å². The van der Waals surface area contributed by atoms with Crippen molar-refractivity contribution in [3.05, 3.63) is 5.82 Å². The normalized spacial score (nSPS) is 13.2. The van der Waals surface area contributed by atoms with Crippen molar-refractivity contribution < 1.29 is 9.47 Å². The molecule has 7 nitrogen and oxygen atoms in total. The van der Waals surface area contributed by atoms with Crippen molar-refractivity contribution in [2.24, 2.45) is 5.92 Å². The summed E-state index contributed by atoms with van der Waals surface area (Å²) < 4.78 is 12.0. The molecule has 1 aromatic heterocycles. The monoisotopic (exact) mass is 257 g/mol. The number of nitrogens with one attached hydrogen (secondary N) is 1. The predicted octanol–water partition coefficient (Wildman–Crippen LogP) is 0.253. The molecule has 0 saturated heterocycles. The van der Waals surface area contributed by atoms with Crippen molar-refractivity contribution >= 4 is 0 Å². The average molecular weight is 257 g/mol. The molecule has 0 saturated carbocycles. The van der Waals surface area contributed by atoms with Crippen LogP contribution in [-0.2, 0) is 16.0 Å². The Bertz CT molecular complexity index is 329. The van der Waals surface area contributed by atoms with E-state index < -0.39 is 0 Å². The molecule has 104 valence electrons. The van der Waals surface area contributed by atoms with Gasteiger partial charge in [-0.2, -0.15) is 0 Å². The van der Waals surface area contributed by atoms with Crippen LogP contribution < -0.4 is 5.32 Å². The molecule has 0 aliphatic carbocycles. The molecule has 1 rings (SSSR count). The van der Waals surface area contributed by atoms with Crippen molar-refractivity contribution in [3.63, 3.8) is 0 Å². The lowest BCUT2D eigenvalue weighted by Gasteiger charge is -2.21. The number of hydrogen-bond donors (Lipinski definition) is 1. The Kier molecular flexibility index (Phi) is 6.77. The van der Waals surface area contributed by atoms with E-state index in [9.17, 15) is 0 Å². The van der Waals surface area contributed by atoms with Gasteiger partial charge >= 0.3 is 0 Å². The van der Waals surface area contributed by atoms with Gasteiger partial charge in [-0.15, -0.1) is 5.10 Å². The maximum atomic E-state index is 5.23. The van der Waals surface area contributed by atoms with E-state index in [-0.39, 0.29) is 6.04 Å². The van der Waals surface area contributed by atoms with Gasteiger partial charge < -0.3 is 14.8 Å². The van der Waals surface area contributed by atoms with Crippen LogP contribution in [-0.4, -0.2) is 54.2 Å². The van der Waals surface area contributed by atoms with Crippen LogP contribution in [0.15, 0.2) is 0 Å². The fourth-order valence-corrected chi connectivity index (χ4v) is 1.68. The lowest BCUT2D eigenvalue weighted by molar-refractivity contribution is 0.123. The van der Waals surface area contributed by atoms with Crippen LogP contribution >= 0.6 is 0 Å². The molecule has 0 spiro atoms. The highest BCUT2D eigenvalue weighted by Crippen LogP contribution is 2.17. The molecule has 0 fully saturated rings. The van der Waals surface area contributed by atoms with Gasteiger partial charge in [0, 0.05) is 20.8 Å². The first-order valence-corrected chi connectivity index (χ1v) is 6.16. The van der Waals surface area contributed by atoms with E-state index in [0.29, 0.717) is 25.7 Å². The van der Waals surface area contributed by atoms with Gasteiger partial charge in [0.05, 0.1) is 25.8 Å². The summed E-state index contributed by atoms with van der Waals surface area (Å²) in [7, 11) is 3.37. The Labute approximate surface area is 108 Å². The molecule has 1 unspecified atom stereocenters. The molecule has 7 heteroatoms. The van der Waals surface area contributed by atoms with Crippen LogP contribution in [0.4, 0.5) is 0 Å². The first kappa shape index (κ1) is 15.0. The third-order valence-corrected chi connectivity index (χ3v) is 2.75. The molecule has 1 heterocycles. The van der Waals surface area contributed by atoms with Gasteiger partial charge in [-0.3, -0.25) is 0 Å². The molecule has 18 heavy (non-hydrogen) atoms. The third kappa shape index (κ3) is 4.32. The fourth-order valence-electron chi connectivity index (χ4n) is 1.68. The van der Waals surface area contributed by atoms with Crippen LogP contribution in [0.1, 0.15) is 25.7 Å². The number of aromatic nitrogens is 4. The number of nitrogens with zero attached hydrogens (tertiary/aromatic N) is 4. The molecule has 0 aliphatic rings. The molecule has 0 aliphatic heterocycles. The molecule has 1 aromatic rings. The number of methoxy groups -OCH3 is 2. The van der Waals surface area contributed by atoms with Gasteiger partial charge in [0.1, 0.15) is 0 Å². The summed E-state index contributed by atoms with van der Waals surface area (Å²) in [6.45, 7) is 6.95. The van der Waals surface area contributed by atoms with Crippen molar-refractivity contribution in [2.45, 2.75) is 26.4 Å². The van der Waals surface area contributed by atoms with E-state index in [0.717, 1.165) is 12.4 Å². The van der Waals surface area contributed by atoms with Gasteiger partial charge in [0.15, 0.2) is 5.82 Å². The Balaban J connectivity index is 2.61. The SMILES string of the molecule is COCCNCc1nnnn1C(COC)C(C)C. The van der Waals surface area contributed by atoms with Gasteiger partial charge in [0.25, 0.3) is 0 Å². The minimum Gasteiger partial charge on any atom is -0.383 e. The average Bonchev–Trinajstić information content (AvgIpc) is 2.79. The number of ether oxygens (including phenoxy) is 2. The van der Waals surface area contributed by atoms with E-state index in [1.807, 2.05) is 4.68 Å². The molecule has 1 atom stereocenters. The van der Waals surface area contributed by atoms with Gasteiger partial charge in [-0.25, -0.2) is 4.68 Å². The lowest BCUT2D eigenvalue weighted by Crippen LogP contribution is -2.27. The largest absolute Gasteiger partial charge is 0.383 e. The number of rotatable bonds is 9. The van der Waals surface area contributed by atoms with Crippen molar-refractivity contribution in [3.8, 4) is 0 Å². The van der Waals surface area contributed by atoms with Crippen molar-refractivity contribution in [2.75, 3.05) is 34.0 Å². The summed E-state index contributed by atoms with van der Waals surface area (Å²) in [6.07, 6.45) is 0. The molecule has 0 aromatic carbocycles. The van der Waals surface area contributed by atoms with E-state index in [1.165, 1.54) is 0 Å². The molecular formula is C11H23N5O2. The minimum absolute atomic E-state index is 0.157. The van der Waals surface area contributed by atoms with Gasteiger partial charge in [-0.1, -0.05) is 13.8 Å². The molecule has 0 radical (unpaired) electrons. The van der Waals surface area contributed by atoms with E-state index in [1.54, 1.807) is 14.2 Å². The highest BCUT2D eigenvalue weighted by atomic mass is 16.5. The summed E-state index contributed by atoms with van der Waals surface area (Å²) in [4.78, 5) is 0. The maximum Gasteiger partial charge on any atom is 0.165 e. The first-order chi connectivity index (χ1) is 8.70. The Morgan fingerprint density at radius 3 is 2.67 bits per heavy atom. The molecule has 0 amide bonds. The zero-order valence-electron chi connectivity index (χ0n) is 11.6.